The number of carboxylic acids is 1. The standard InChI is InChI=1S/C30H44O5S2/c1-5-30(4,21-31)16-9-7-12-25-18-23(33)20-27(37-25)14-10-13-26-19-22(32)17-24(36-26)11-6-8-15-29(2,3)28(34)35/h17-20,31H,5-16,21H2,1-4H3,(H,34,35). The molecule has 2 aromatic rings. The molecule has 206 valence electrons. The SMILES string of the molecule is CCC(C)(CO)CCCCc1cc(=O)cc(CCCc2cc(=O)cc(CCCCC(C)(C)C(=O)O)s2)s1. The van der Waals surface area contributed by atoms with Gasteiger partial charge in [-0.1, -0.05) is 26.7 Å². The molecule has 0 amide bonds. The van der Waals surface area contributed by atoms with Gasteiger partial charge in [0.25, 0.3) is 0 Å². The van der Waals surface area contributed by atoms with Crippen molar-refractivity contribution in [2.24, 2.45) is 10.8 Å². The second kappa shape index (κ2) is 14.9. The second-order valence-corrected chi connectivity index (χ2v) is 13.7. The van der Waals surface area contributed by atoms with Crippen LogP contribution in [0.1, 0.15) is 98.6 Å². The summed E-state index contributed by atoms with van der Waals surface area (Å²) in [6.45, 7) is 7.96. The molecule has 0 aliphatic rings. The molecule has 0 aliphatic carbocycles. The molecule has 0 bridgehead atoms. The Kier molecular flexibility index (Phi) is 12.7. The number of aryl methyl sites for hydroxylation is 4. The van der Waals surface area contributed by atoms with Crippen molar-refractivity contribution in [2.75, 3.05) is 6.61 Å². The maximum Gasteiger partial charge on any atom is 0.309 e. The number of carboxylic acid groups (broad SMARTS) is 1. The van der Waals surface area contributed by atoms with Crippen molar-refractivity contribution in [3.05, 3.63) is 64.2 Å². The van der Waals surface area contributed by atoms with Crippen LogP contribution in [0.4, 0.5) is 0 Å². The first kappa shape index (κ1) is 31.4. The minimum absolute atomic E-state index is 0.00547. The fourth-order valence-corrected chi connectivity index (χ4v) is 6.65. The van der Waals surface area contributed by atoms with Crippen LogP contribution in [0.2, 0.25) is 0 Å². The van der Waals surface area contributed by atoms with Crippen LogP contribution in [0.3, 0.4) is 0 Å². The summed E-state index contributed by atoms with van der Waals surface area (Å²) < 4.78 is 0. The Morgan fingerprint density at radius 2 is 1.14 bits per heavy atom. The first-order valence-electron chi connectivity index (χ1n) is 13.6. The van der Waals surface area contributed by atoms with Crippen LogP contribution in [0.15, 0.2) is 33.9 Å². The lowest BCUT2D eigenvalue weighted by Gasteiger charge is -2.25. The lowest BCUT2D eigenvalue weighted by Crippen LogP contribution is -2.23. The quantitative estimate of drug-likeness (QED) is 0.216. The molecular formula is C30H44O5S2. The van der Waals surface area contributed by atoms with E-state index in [-0.39, 0.29) is 22.9 Å². The van der Waals surface area contributed by atoms with Crippen LogP contribution >= 0.6 is 22.7 Å². The van der Waals surface area contributed by atoms with Crippen LogP contribution in [0.5, 0.6) is 0 Å². The highest BCUT2D eigenvalue weighted by molar-refractivity contribution is 7.11. The Bertz CT molecular complexity index is 1110. The highest BCUT2D eigenvalue weighted by atomic mass is 32.1. The van der Waals surface area contributed by atoms with Crippen LogP contribution < -0.4 is 10.9 Å². The molecule has 37 heavy (non-hydrogen) atoms. The molecule has 5 nitrogen and oxygen atoms in total. The molecular weight excluding hydrogens is 504 g/mol. The summed E-state index contributed by atoms with van der Waals surface area (Å²) in [6.07, 6.45) is 10.5. The van der Waals surface area contributed by atoms with Gasteiger partial charge in [-0.15, -0.1) is 22.7 Å². The average Bonchev–Trinajstić information content (AvgIpc) is 2.84. The highest BCUT2D eigenvalue weighted by Gasteiger charge is 2.26. The molecule has 0 aromatic carbocycles. The van der Waals surface area contributed by atoms with E-state index in [2.05, 4.69) is 13.8 Å². The molecule has 0 saturated carbocycles. The van der Waals surface area contributed by atoms with E-state index >= 15 is 0 Å². The van der Waals surface area contributed by atoms with Gasteiger partial charge in [-0.05, 0) is 108 Å². The summed E-state index contributed by atoms with van der Waals surface area (Å²) in [6, 6.07) is 6.92. The Balaban J connectivity index is 1.85. The summed E-state index contributed by atoms with van der Waals surface area (Å²) in [5, 5.41) is 18.8. The van der Waals surface area contributed by atoms with Crippen molar-refractivity contribution in [3.63, 3.8) is 0 Å². The van der Waals surface area contributed by atoms with Gasteiger partial charge in [-0.25, -0.2) is 0 Å². The van der Waals surface area contributed by atoms with Crippen LogP contribution in [0, 0.1) is 10.8 Å². The molecule has 7 heteroatoms. The fourth-order valence-electron chi connectivity index (χ4n) is 4.29. The van der Waals surface area contributed by atoms with Crippen molar-refractivity contribution in [1.82, 2.24) is 0 Å². The molecule has 0 spiro atoms. The zero-order valence-corrected chi connectivity index (χ0v) is 24.6. The summed E-state index contributed by atoms with van der Waals surface area (Å²) in [5.74, 6) is -0.771. The number of unbranched alkanes of at least 4 members (excludes halogenated alkanes) is 2. The second-order valence-electron chi connectivity index (χ2n) is 11.2. The van der Waals surface area contributed by atoms with E-state index in [1.807, 2.05) is 0 Å². The van der Waals surface area contributed by atoms with Crippen LogP contribution in [-0.4, -0.2) is 22.8 Å². The first-order chi connectivity index (χ1) is 17.5. The molecule has 2 heterocycles. The van der Waals surface area contributed by atoms with Gasteiger partial charge in [0.2, 0.25) is 0 Å². The minimum atomic E-state index is -0.771. The Morgan fingerprint density at radius 3 is 1.51 bits per heavy atom. The van der Waals surface area contributed by atoms with Crippen molar-refractivity contribution >= 4 is 28.6 Å². The molecule has 1 unspecified atom stereocenters. The Labute approximate surface area is 229 Å². The molecule has 2 rings (SSSR count). The number of aliphatic carboxylic acids is 1. The third-order valence-electron chi connectivity index (χ3n) is 7.33. The van der Waals surface area contributed by atoms with Crippen LogP contribution in [0.25, 0.3) is 0 Å². The van der Waals surface area contributed by atoms with Crippen molar-refractivity contribution in [3.8, 4) is 0 Å². The van der Waals surface area contributed by atoms with Gasteiger partial charge in [-0.3, -0.25) is 14.4 Å². The van der Waals surface area contributed by atoms with E-state index in [0.717, 1.165) is 90.1 Å². The number of hydrogen-bond donors (Lipinski definition) is 2. The van der Waals surface area contributed by atoms with E-state index in [0.29, 0.717) is 6.42 Å². The number of rotatable bonds is 17. The predicted octanol–water partition coefficient (Wildman–Crippen LogP) is 6.65. The molecule has 2 aromatic heterocycles. The third kappa shape index (κ3) is 11.2. The summed E-state index contributed by atoms with van der Waals surface area (Å²) in [7, 11) is 0. The minimum Gasteiger partial charge on any atom is -0.481 e. The van der Waals surface area contributed by atoms with E-state index in [9.17, 15) is 24.6 Å². The van der Waals surface area contributed by atoms with E-state index in [1.54, 1.807) is 60.8 Å². The lowest BCUT2D eigenvalue weighted by atomic mass is 9.83. The number of aliphatic hydroxyl groups is 1. The molecule has 2 N–H and O–H groups in total. The van der Waals surface area contributed by atoms with Gasteiger partial charge in [0.1, 0.15) is 0 Å². The van der Waals surface area contributed by atoms with E-state index in [4.69, 9.17) is 0 Å². The van der Waals surface area contributed by atoms with Crippen molar-refractivity contribution in [2.45, 2.75) is 105 Å². The van der Waals surface area contributed by atoms with Gasteiger partial charge in [0.15, 0.2) is 10.9 Å². The zero-order valence-electron chi connectivity index (χ0n) is 22.9. The van der Waals surface area contributed by atoms with Crippen LogP contribution in [-0.2, 0) is 30.5 Å². The zero-order chi connectivity index (χ0) is 27.5. The summed E-state index contributed by atoms with van der Waals surface area (Å²) in [5.41, 5.74) is -0.626. The lowest BCUT2D eigenvalue weighted by molar-refractivity contribution is -0.147. The number of hydrogen-bond acceptors (Lipinski definition) is 6. The topological polar surface area (TPSA) is 91.7 Å². The van der Waals surface area contributed by atoms with Crippen molar-refractivity contribution < 1.29 is 15.0 Å². The Hall–Kier alpha value is -1.83. The van der Waals surface area contributed by atoms with E-state index < -0.39 is 11.4 Å². The molecule has 0 fully saturated rings. The van der Waals surface area contributed by atoms with Gasteiger partial charge >= 0.3 is 5.97 Å². The first-order valence-corrected chi connectivity index (χ1v) is 15.2. The molecule has 0 saturated heterocycles. The summed E-state index contributed by atoms with van der Waals surface area (Å²) >= 11 is 3.38. The largest absolute Gasteiger partial charge is 0.481 e. The maximum absolute atomic E-state index is 12.2. The average molecular weight is 549 g/mol. The Morgan fingerprint density at radius 1 is 0.730 bits per heavy atom. The third-order valence-corrected chi connectivity index (χ3v) is 9.66. The number of carbonyl (C=O) groups is 1. The fraction of sp³-hybridized carbons (Fsp3) is 0.633. The predicted molar refractivity (Wildman–Crippen MR) is 155 cm³/mol. The van der Waals surface area contributed by atoms with Gasteiger partial charge < -0.3 is 10.2 Å². The summed E-state index contributed by atoms with van der Waals surface area (Å²) in [4.78, 5) is 40.1. The van der Waals surface area contributed by atoms with Gasteiger partial charge in [-0.2, -0.15) is 0 Å². The highest BCUT2D eigenvalue weighted by Crippen LogP contribution is 2.28. The van der Waals surface area contributed by atoms with Gasteiger partial charge in [0, 0.05) is 26.1 Å². The van der Waals surface area contributed by atoms with Gasteiger partial charge in [0.05, 0.1) is 5.41 Å². The normalized spacial score (nSPS) is 13.4. The molecule has 0 aliphatic heterocycles. The number of aliphatic hydroxyl groups excluding tert-OH is 1. The monoisotopic (exact) mass is 548 g/mol. The molecule has 0 radical (unpaired) electrons. The maximum atomic E-state index is 12.2. The molecule has 1 atom stereocenters. The smallest absolute Gasteiger partial charge is 0.309 e. The van der Waals surface area contributed by atoms with E-state index in [1.165, 1.54) is 0 Å². The van der Waals surface area contributed by atoms with Crippen molar-refractivity contribution in [1.29, 1.82) is 0 Å².